The quantitative estimate of drug-likeness (QED) is 0.714. The van der Waals surface area contributed by atoms with Crippen molar-refractivity contribution in [2.24, 2.45) is 5.92 Å². The normalized spacial score (nSPS) is 32.1. The fraction of sp³-hybridized carbons (Fsp3) is 0.900. The molecular formula is C10H18N2O4S. The van der Waals surface area contributed by atoms with E-state index in [9.17, 15) is 13.2 Å². The molecule has 0 aliphatic carbocycles. The first-order valence-corrected chi connectivity index (χ1v) is 7.39. The highest BCUT2D eigenvalue weighted by molar-refractivity contribution is 7.90. The molecule has 0 saturated carbocycles. The minimum Gasteiger partial charge on any atom is -0.480 e. The third-order valence-electron chi connectivity index (χ3n) is 3.75. The summed E-state index contributed by atoms with van der Waals surface area (Å²) in [6.45, 7) is 3.15. The summed E-state index contributed by atoms with van der Waals surface area (Å²) in [4.78, 5) is 10.9. The molecule has 0 aromatic carbocycles. The Bertz CT molecular complexity index is 409. The van der Waals surface area contributed by atoms with E-state index < -0.39 is 21.2 Å². The van der Waals surface area contributed by atoms with Gasteiger partial charge in [0.15, 0.2) is 5.25 Å². The molecule has 0 aromatic heterocycles. The minimum atomic E-state index is -3.72. The van der Waals surface area contributed by atoms with Gasteiger partial charge in [-0.25, -0.2) is 8.42 Å². The predicted octanol–water partition coefficient (Wildman–Crippen LogP) is -0.527. The average molecular weight is 262 g/mol. The highest BCUT2D eigenvalue weighted by Gasteiger charge is 2.44. The molecule has 0 amide bonds. The predicted molar refractivity (Wildman–Crippen MR) is 62.1 cm³/mol. The van der Waals surface area contributed by atoms with Crippen LogP contribution in [0.4, 0.5) is 0 Å². The molecule has 2 rings (SSSR count). The molecule has 2 heterocycles. The number of hydrogen-bond acceptors (Lipinski definition) is 4. The maximum absolute atomic E-state index is 12.2. The van der Waals surface area contributed by atoms with Crippen molar-refractivity contribution in [2.75, 3.05) is 19.6 Å². The Morgan fingerprint density at radius 2 is 2.18 bits per heavy atom. The fourth-order valence-electron chi connectivity index (χ4n) is 2.67. The summed E-state index contributed by atoms with van der Waals surface area (Å²) in [6, 6.07) is -0.0597. The number of rotatable bonds is 3. The zero-order valence-electron chi connectivity index (χ0n) is 9.80. The van der Waals surface area contributed by atoms with Gasteiger partial charge >= 0.3 is 5.97 Å². The Morgan fingerprint density at radius 3 is 2.82 bits per heavy atom. The first-order valence-electron chi connectivity index (χ1n) is 5.88. The highest BCUT2D eigenvalue weighted by atomic mass is 32.2. The molecule has 0 bridgehead atoms. The molecule has 3 unspecified atom stereocenters. The van der Waals surface area contributed by atoms with Crippen LogP contribution in [-0.2, 0) is 14.8 Å². The number of carbonyl (C=O) groups is 1. The number of piperidine rings is 1. The number of carboxylic acids is 1. The molecular weight excluding hydrogens is 244 g/mol. The lowest BCUT2D eigenvalue weighted by Crippen LogP contribution is -2.52. The van der Waals surface area contributed by atoms with Crippen LogP contribution in [0.5, 0.6) is 0 Å². The van der Waals surface area contributed by atoms with E-state index in [4.69, 9.17) is 5.11 Å². The van der Waals surface area contributed by atoms with Crippen molar-refractivity contribution in [2.45, 2.75) is 31.1 Å². The topological polar surface area (TPSA) is 86.7 Å². The van der Waals surface area contributed by atoms with Gasteiger partial charge in [-0.05, 0) is 32.2 Å². The lowest BCUT2D eigenvalue weighted by molar-refractivity contribution is -0.136. The van der Waals surface area contributed by atoms with Crippen LogP contribution in [0.2, 0.25) is 0 Å². The molecule has 6 nitrogen and oxygen atoms in total. The Hall–Kier alpha value is -0.660. The summed E-state index contributed by atoms with van der Waals surface area (Å²) in [6.07, 6.45) is 1.83. The van der Waals surface area contributed by atoms with E-state index in [1.165, 1.54) is 11.2 Å². The van der Waals surface area contributed by atoms with E-state index in [0.29, 0.717) is 19.0 Å². The molecule has 17 heavy (non-hydrogen) atoms. The first-order chi connectivity index (χ1) is 7.94. The molecule has 2 N–H and O–H groups in total. The molecule has 7 heteroatoms. The maximum Gasteiger partial charge on any atom is 0.323 e. The van der Waals surface area contributed by atoms with Gasteiger partial charge in [0.1, 0.15) is 0 Å². The number of carboxylic acid groups (broad SMARTS) is 1. The lowest BCUT2D eigenvalue weighted by Gasteiger charge is -2.36. The minimum absolute atomic E-state index is 0.0597. The third-order valence-corrected chi connectivity index (χ3v) is 5.95. The standard InChI is InChI=1S/C10H18N2O4S/c1-7(10(13)14)17(15,16)12-4-2-3-8-5-11-6-9(8)12/h7-9,11H,2-6H2,1H3,(H,13,14). The highest BCUT2D eigenvalue weighted by Crippen LogP contribution is 2.29. The van der Waals surface area contributed by atoms with Crippen molar-refractivity contribution in [3.63, 3.8) is 0 Å². The lowest BCUT2D eigenvalue weighted by atomic mass is 9.94. The summed E-state index contributed by atoms with van der Waals surface area (Å²) in [5.74, 6) is -0.947. The SMILES string of the molecule is CC(C(=O)O)S(=O)(=O)N1CCCC2CNCC21. The van der Waals surface area contributed by atoms with Crippen molar-refractivity contribution in [1.82, 2.24) is 9.62 Å². The van der Waals surface area contributed by atoms with Gasteiger partial charge in [0, 0.05) is 19.1 Å². The van der Waals surface area contributed by atoms with Crippen molar-refractivity contribution in [1.29, 1.82) is 0 Å². The fourth-order valence-corrected chi connectivity index (χ4v) is 4.34. The summed E-state index contributed by atoms with van der Waals surface area (Å²) in [7, 11) is -3.72. The Kier molecular flexibility index (Phi) is 3.42. The average Bonchev–Trinajstić information content (AvgIpc) is 2.75. The smallest absolute Gasteiger partial charge is 0.323 e. The zero-order chi connectivity index (χ0) is 12.6. The van der Waals surface area contributed by atoms with Gasteiger partial charge in [-0.1, -0.05) is 0 Å². The molecule has 2 saturated heterocycles. The van der Waals surface area contributed by atoms with Gasteiger partial charge in [-0.3, -0.25) is 4.79 Å². The van der Waals surface area contributed by atoms with E-state index in [-0.39, 0.29) is 6.04 Å². The second-order valence-corrected chi connectivity index (χ2v) is 6.97. The summed E-state index contributed by atoms with van der Waals surface area (Å²) < 4.78 is 25.8. The van der Waals surface area contributed by atoms with Crippen LogP contribution in [0.15, 0.2) is 0 Å². The summed E-state index contributed by atoms with van der Waals surface area (Å²) in [5.41, 5.74) is 0. The van der Waals surface area contributed by atoms with Gasteiger partial charge in [0.25, 0.3) is 0 Å². The number of sulfonamides is 1. The third kappa shape index (κ3) is 2.19. The number of fused-ring (bicyclic) bond motifs is 1. The van der Waals surface area contributed by atoms with Gasteiger partial charge in [-0.2, -0.15) is 4.31 Å². The molecule has 3 atom stereocenters. The number of nitrogens with zero attached hydrogens (tertiary/aromatic N) is 1. The van der Waals surface area contributed by atoms with E-state index in [2.05, 4.69) is 5.32 Å². The van der Waals surface area contributed by atoms with Gasteiger partial charge in [0.05, 0.1) is 0 Å². The second-order valence-electron chi connectivity index (χ2n) is 4.76. The zero-order valence-corrected chi connectivity index (χ0v) is 10.6. The molecule has 0 aromatic rings. The maximum atomic E-state index is 12.2. The summed E-state index contributed by atoms with van der Waals surface area (Å²) >= 11 is 0. The number of nitrogens with one attached hydrogen (secondary N) is 1. The van der Waals surface area contributed by atoms with Crippen LogP contribution < -0.4 is 5.32 Å². The number of hydrogen-bond donors (Lipinski definition) is 2. The molecule has 2 fully saturated rings. The summed E-state index contributed by atoms with van der Waals surface area (Å²) in [5, 5.41) is 10.7. The molecule has 98 valence electrons. The van der Waals surface area contributed by atoms with Crippen LogP contribution in [0.25, 0.3) is 0 Å². The van der Waals surface area contributed by atoms with E-state index in [1.807, 2.05) is 0 Å². The Morgan fingerprint density at radius 1 is 1.47 bits per heavy atom. The van der Waals surface area contributed by atoms with Crippen molar-refractivity contribution in [3.05, 3.63) is 0 Å². The van der Waals surface area contributed by atoms with Crippen molar-refractivity contribution < 1.29 is 18.3 Å². The van der Waals surface area contributed by atoms with Gasteiger partial charge in [0.2, 0.25) is 10.0 Å². The van der Waals surface area contributed by atoms with Crippen LogP contribution in [-0.4, -0.2) is 54.7 Å². The van der Waals surface area contributed by atoms with E-state index >= 15 is 0 Å². The largest absolute Gasteiger partial charge is 0.480 e. The Labute approximate surface area is 101 Å². The van der Waals surface area contributed by atoms with Gasteiger partial charge < -0.3 is 10.4 Å². The van der Waals surface area contributed by atoms with Gasteiger partial charge in [-0.15, -0.1) is 0 Å². The molecule has 0 radical (unpaired) electrons. The first kappa shape index (κ1) is 12.8. The van der Waals surface area contributed by atoms with Crippen LogP contribution in [0.3, 0.4) is 0 Å². The molecule has 2 aliphatic heterocycles. The monoisotopic (exact) mass is 262 g/mol. The molecule has 2 aliphatic rings. The van der Waals surface area contributed by atoms with Crippen molar-refractivity contribution >= 4 is 16.0 Å². The van der Waals surface area contributed by atoms with Crippen molar-refractivity contribution in [3.8, 4) is 0 Å². The van der Waals surface area contributed by atoms with Crippen LogP contribution >= 0.6 is 0 Å². The number of aliphatic carboxylic acids is 1. The second kappa shape index (κ2) is 4.55. The van der Waals surface area contributed by atoms with Crippen LogP contribution in [0, 0.1) is 5.92 Å². The van der Waals surface area contributed by atoms with Crippen LogP contribution in [0.1, 0.15) is 19.8 Å². The van der Waals surface area contributed by atoms with E-state index in [0.717, 1.165) is 19.4 Å². The molecule has 0 spiro atoms. The van der Waals surface area contributed by atoms with E-state index in [1.54, 1.807) is 0 Å². The Balaban J connectivity index is 2.23.